The van der Waals surface area contributed by atoms with Gasteiger partial charge in [-0.1, -0.05) is 52.6 Å². The standard InChI is InChI=1S/C23H18Br2FN3O2/c1-23(2,3)22-28-19-8-5-13(24)10-17(19)21(30)29(22)27-12-15-6-9-20(31-15)16-7-4-14(25)11-18(16)26/h4-12H,1-3H3. The van der Waals surface area contributed by atoms with E-state index in [1.165, 1.54) is 17.0 Å². The third kappa shape index (κ3) is 4.41. The zero-order chi connectivity index (χ0) is 22.3. The van der Waals surface area contributed by atoms with Crippen LogP contribution in [0.2, 0.25) is 0 Å². The number of furan rings is 1. The highest BCUT2D eigenvalue weighted by atomic mass is 79.9. The largest absolute Gasteiger partial charge is 0.455 e. The fourth-order valence-corrected chi connectivity index (χ4v) is 3.81. The van der Waals surface area contributed by atoms with Crippen LogP contribution < -0.4 is 5.56 Å². The zero-order valence-corrected chi connectivity index (χ0v) is 20.2. The number of aromatic nitrogens is 2. The van der Waals surface area contributed by atoms with Crippen LogP contribution in [0.15, 0.2) is 71.8 Å². The van der Waals surface area contributed by atoms with E-state index in [9.17, 15) is 9.18 Å². The van der Waals surface area contributed by atoms with Gasteiger partial charge in [-0.3, -0.25) is 4.79 Å². The van der Waals surface area contributed by atoms with E-state index >= 15 is 0 Å². The fraction of sp³-hybridized carbons (Fsp3) is 0.174. The molecule has 0 atom stereocenters. The topological polar surface area (TPSA) is 60.4 Å². The molecule has 0 saturated heterocycles. The Balaban J connectivity index is 1.79. The number of benzene rings is 2. The molecule has 4 aromatic rings. The molecule has 2 aromatic carbocycles. The minimum absolute atomic E-state index is 0.279. The van der Waals surface area contributed by atoms with Gasteiger partial charge in [-0.25, -0.2) is 9.37 Å². The lowest BCUT2D eigenvalue weighted by Gasteiger charge is -2.20. The molecule has 0 aliphatic carbocycles. The highest BCUT2D eigenvalue weighted by Crippen LogP contribution is 2.27. The van der Waals surface area contributed by atoms with Crippen molar-refractivity contribution in [1.29, 1.82) is 0 Å². The van der Waals surface area contributed by atoms with Crippen molar-refractivity contribution in [3.8, 4) is 11.3 Å². The van der Waals surface area contributed by atoms with Crippen LogP contribution in [0.4, 0.5) is 4.39 Å². The second kappa shape index (κ2) is 8.16. The molecule has 0 aliphatic rings. The molecular weight excluding hydrogens is 529 g/mol. The maximum atomic E-state index is 14.2. The van der Waals surface area contributed by atoms with Crippen LogP contribution in [0, 0.1) is 5.82 Å². The van der Waals surface area contributed by atoms with Gasteiger partial charge in [0, 0.05) is 14.4 Å². The summed E-state index contributed by atoms with van der Waals surface area (Å²) in [5, 5.41) is 4.83. The summed E-state index contributed by atoms with van der Waals surface area (Å²) in [5.74, 6) is 0.880. The van der Waals surface area contributed by atoms with Gasteiger partial charge in [0.2, 0.25) is 0 Å². The predicted octanol–water partition coefficient (Wildman–Crippen LogP) is 6.50. The monoisotopic (exact) mass is 545 g/mol. The molecular formula is C23H18Br2FN3O2. The minimum atomic E-state index is -0.424. The van der Waals surface area contributed by atoms with Crippen molar-refractivity contribution in [2.75, 3.05) is 0 Å². The van der Waals surface area contributed by atoms with Crippen molar-refractivity contribution in [2.45, 2.75) is 26.2 Å². The summed E-state index contributed by atoms with van der Waals surface area (Å²) in [6, 6.07) is 13.5. The van der Waals surface area contributed by atoms with Gasteiger partial charge in [-0.05, 0) is 48.5 Å². The summed E-state index contributed by atoms with van der Waals surface area (Å²) in [7, 11) is 0. The van der Waals surface area contributed by atoms with Gasteiger partial charge in [0.15, 0.2) is 0 Å². The molecule has 2 aromatic heterocycles. The normalized spacial score (nSPS) is 12.2. The van der Waals surface area contributed by atoms with E-state index in [4.69, 9.17) is 4.42 Å². The molecule has 2 heterocycles. The molecule has 0 spiro atoms. The first-order chi connectivity index (χ1) is 14.6. The van der Waals surface area contributed by atoms with Gasteiger partial charge in [-0.15, -0.1) is 0 Å². The molecule has 0 bridgehead atoms. The fourth-order valence-electron chi connectivity index (χ4n) is 3.11. The van der Waals surface area contributed by atoms with Crippen molar-refractivity contribution >= 4 is 49.0 Å². The van der Waals surface area contributed by atoms with Crippen LogP contribution >= 0.6 is 31.9 Å². The van der Waals surface area contributed by atoms with Gasteiger partial charge in [-0.2, -0.15) is 9.78 Å². The summed E-state index contributed by atoms with van der Waals surface area (Å²) in [6.45, 7) is 5.90. The molecule has 0 unspecified atom stereocenters. The van der Waals surface area contributed by atoms with E-state index in [0.717, 1.165) is 4.47 Å². The van der Waals surface area contributed by atoms with Crippen molar-refractivity contribution in [3.05, 3.63) is 85.2 Å². The average molecular weight is 547 g/mol. The predicted molar refractivity (Wildman–Crippen MR) is 127 cm³/mol. The molecule has 158 valence electrons. The Hall–Kier alpha value is -2.58. The van der Waals surface area contributed by atoms with Crippen LogP contribution in [0.3, 0.4) is 0 Å². The Morgan fingerprint density at radius 3 is 2.48 bits per heavy atom. The Kier molecular flexibility index (Phi) is 5.70. The molecule has 0 saturated carbocycles. The molecule has 5 nitrogen and oxygen atoms in total. The van der Waals surface area contributed by atoms with Crippen molar-refractivity contribution in [3.63, 3.8) is 0 Å². The molecule has 0 aliphatic heterocycles. The summed E-state index contributed by atoms with van der Waals surface area (Å²) >= 11 is 6.64. The van der Waals surface area contributed by atoms with Crippen LogP contribution in [0.25, 0.3) is 22.2 Å². The first kappa shape index (κ1) is 21.6. The van der Waals surface area contributed by atoms with Gasteiger partial charge < -0.3 is 4.42 Å². The summed E-state index contributed by atoms with van der Waals surface area (Å²) in [6.07, 6.45) is 1.43. The first-order valence-corrected chi connectivity index (χ1v) is 11.0. The maximum Gasteiger partial charge on any atom is 0.282 e. The van der Waals surface area contributed by atoms with E-state index < -0.39 is 11.2 Å². The second-order valence-electron chi connectivity index (χ2n) is 8.03. The van der Waals surface area contributed by atoms with E-state index in [0.29, 0.717) is 38.3 Å². The van der Waals surface area contributed by atoms with Gasteiger partial charge in [0.05, 0.1) is 22.7 Å². The number of nitrogens with zero attached hydrogens (tertiary/aromatic N) is 3. The third-order valence-corrected chi connectivity index (χ3v) is 5.59. The Morgan fingerprint density at radius 1 is 1.06 bits per heavy atom. The number of hydrogen-bond acceptors (Lipinski definition) is 4. The Morgan fingerprint density at radius 2 is 1.77 bits per heavy atom. The van der Waals surface area contributed by atoms with Gasteiger partial charge >= 0.3 is 0 Å². The number of rotatable bonds is 3. The summed E-state index contributed by atoms with van der Waals surface area (Å²) in [4.78, 5) is 17.9. The summed E-state index contributed by atoms with van der Waals surface area (Å²) < 4.78 is 22.7. The molecule has 0 amide bonds. The number of halogens is 3. The Bertz CT molecular complexity index is 1380. The van der Waals surface area contributed by atoms with Crippen LogP contribution in [-0.2, 0) is 5.41 Å². The maximum absolute atomic E-state index is 14.2. The van der Waals surface area contributed by atoms with Gasteiger partial charge in [0.1, 0.15) is 23.2 Å². The smallest absolute Gasteiger partial charge is 0.282 e. The lowest BCUT2D eigenvalue weighted by atomic mass is 9.95. The summed E-state index contributed by atoms with van der Waals surface area (Å²) in [5.41, 5.74) is 0.244. The lowest BCUT2D eigenvalue weighted by Crippen LogP contribution is -2.29. The van der Waals surface area contributed by atoms with E-state index in [1.54, 1.807) is 36.4 Å². The van der Waals surface area contributed by atoms with Gasteiger partial charge in [0.25, 0.3) is 5.56 Å². The second-order valence-corrected chi connectivity index (χ2v) is 9.87. The van der Waals surface area contributed by atoms with E-state index in [1.807, 2.05) is 26.8 Å². The van der Waals surface area contributed by atoms with Crippen molar-refractivity contribution in [2.24, 2.45) is 5.10 Å². The minimum Gasteiger partial charge on any atom is -0.455 e. The molecule has 0 radical (unpaired) electrons. The zero-order valence-electron chi connectivity index (χ0n) is 17.0. The van der Waals surface area contributed by atoms with Crippen LogP contribution in [-0.4, -0.2) is 15.9 Å². The molecule has 8 heteroatoms. The molecule has 4 rings (SSSR count). The van der Waals surface area contributed by atoms with E-state index in [-0.39, 0.29) is 5.56 Å². The van der Waals surface area contributed by atoms with Crippen molar-refractivity contribution < 1.29 is 8.81 Å². The average Bonchev–Trinajstić information content (AvgIpc) is 3.15. The lowest BCUT2D eigenvalue weighted by molar-refractivity contribution is 0.505. The van der Waals surface area contributed by atoms with E-state index in [2.05, 4.69) is 41.9 Å². The highest BCUT2D eigenvalue weighted by Gasteiger charge is 2.23. The third-order valence-electron chi connectivity index (χ3n) is 4.60. The first-order valence-electron chi connectivity index (χ1n) is 9.46. The Labute approximate surface area is 194 Å². The quantitative estimate of drug-likeness (QED) is 0.275. The van der Waals surface area contributed by atoms with Crippen LogP contribution in [0.5, 0.6) is 0 Å². The molecule has 31 heavy (non-hydrogen) atoms. The van der Waals surface area contributed by atoms with Crippen molar-refractivity contribution in [1.82, 2.24) is 9.66 Å². The SMILES string of the molecule is CC(C)(C)c1nc2ccc(Br)cc2c(=O)n1N=Cc1ccc(-c2ccc(Br)cc2F)o1. The van der Waals surface area contributed by atoms with Crippen LogP contribution in [0.1, 0.15) is 32.4 Å². The molecule has 0 N–H and O–H groups in total. The molecule has 0 fully saturated rings. The number of fused-ring (bicyclic) bond motifs is 1. The highest BCUT2D eigenvalue weighted by molar-refractivity contribution is 9.10. The number of hydrogen-bond donors (Lipinski definition) is 0.